The summed E-state index contributed by atoms with van der Waals surface area (Å²) in [7, 11) is 0. The largest absolute Gasteiger partial charge is 0.438 e. The third kappa shape index (κ3) is 2.40. The Morgan fingerprint density at radius 2 is 2.21 bits per heavy atom. The minimum Gasteiger partial charge on any atom is -0.438 e. The van der Waals surface area contributed by atoms with Gasteiger partial charge >= 0.3 is 12.1 Å². The summed E-state index contributed by atoms with van der Waals surface area (Å²) in [5.74, 6) is 0.545. The average molecular weight is 327 g/mol. The number of nitrogens with one attached hydrogen (secondary N) is 1. The lowest BCUT2D eigenvalue weighted by atomic mass is 9.86. The minimum absolute atomic E-state index is 0.115. The van der Waals surface area contributed by atoms with E-state index in [0.717, 1.165) is 12.0 Å². The first kappa shape index (κ1) is 14.7. The SMILES string of the molecule is O=C1Nc2ncccc2C2(CCCN(C(=O)n3ccnc3)CC2)O1. The van der Waals surface area contributed by atoms with Crippen LogP contribution in [0.2, 0.25) is 0 Å². The molecule has 0 aromatic carbocycles. The predicted octanol–water partition coefficient (Wildman–Crippen LogP) is 2.19. The lowest BCUT2D eigenvalue weighted by Gasteiger charge is -2.37. The summed E-state index contributed by atoms with van der Waals surface area (Å²) in [4.78, 5) is 34.4. The van der Waals surface area contributed by atoms with E-state index in [1.54, 1.807) is 23.5 Å². The molecule has 1 N–H and O–H groups in total. The highest BCUT2D eigenvalue weighted by Crippen LogP contribution is 2.42. The summed E-state index contributed by atoms with van der Waals surface area (Å²) < 4.78 is 7.15. The van der Waals surface area contributed by atoms with Gasteiger partial charge in [0.2, 0.25) is 0 Å². The molecule has 0 radical (unpaired) electrons. The molecule has 1 fully saturated rings. The van der Waals surface area contributed by atoms with Gasteiger partial charge in [-0.15, -0.1) is 0 Å². The molecule has 2 amide bonds. The number of hydrogen-bond acceptors (Lipinski definition) is 5. The number of ether oxygens (including phenoxy) is 1. The van der Waals surface area contributed by atoms with E-state index in [-0.39, 0.29) is 6.03 Å². The molecule has 1 atom stereocenters. The van der Waals surface area contributed by atoms with Gasteiger partial charge in [-0.25, -0.2) is 19.6 Å². The zero-order valence-corrected chi connectivity index (χ0v) is 13.0. The second-order valence-electron chi connectivity index (χ2n) is 6.00. The summed E-state index contributed by atoms with van der Waals surface area (Å²) in [6, 6.07) is 3.65. The smallest absolute Gasteiger partial charge is 0.413 e. The molecule has 0 aliphatic carbocycles. The Morgan fingerprint density at radius 3 is 3.04 bits per heavy atom. The maximum atomic E-state index is 12.5. The number of hydrogen-bond donors (Lipinski definition) is 1. The van der Waals surface area contributed by atoms with Crippen LogP contribution in [0.15, 0.2) is 37.1 Å². The van der Waals surface area contributed by atoms with Crippen LogP contribution in [-0.2, 0) is 10.3 Å². The van der Waals surface area contributed by atoms with Gasteiger partial charge < -0.3 is 9.64 Å². The Balaban J connectivity index is 1.61. The number of amides is 2. The first-order valence-corrected chi connectivity index (χ1v) is 7.91. The third-order valence-corrected chi connectivity index (χ3v) is 4.60. The fraction of sp³-hybridized carbons (Fsp3) is 0.375. The van der Waals surface area contributed by atoms with Crippen molar-refractivity contribution in [2.24, 2.45) is 0 Å². The van der Waals surface area contributed by atoms with Crippen molar-refractivity contribution in [3.05, 3.63) is 42.6 Å². The summed E-state index contributed by atoms with van der Waals surface area (Å²) in [5, 5.41) is 2.64. The number of anilines is 1. The van der Waals surface area contributed by atoms with Gasteiger partial charge in [-0.3, -0.25) is 9.88 Å². The number of aromatic nitrogens is 3. The second kappa shape index (κ2) is 5.63. The lowest BCUT2D eigenvalue weighted by molar-refractivity contribution is -0.000337. The number of pyridine rings is 1. The number of carbonyl (C=O) groups is 2. The Labute approximate surface area is 138 Å². The molecule has 24 heavy (non-hydrogen) atoms. The summed E-state index contributed by atoms with van der Waals surface area (Å²) >= 11 is 0. The van der Waals surface area contributed by atoms with Crippen LogP contribution in [0.1, 0.15) is 24.8 Å². The van der Waals surface area contributed by atoms with Crippen molar-refractivity contribution in [2.75, 3.05) is 18.4 Å². The van der Waals surface area contributed by atoms with Gasteiger partial charge in [-0.2, -0.15) is 0 Å². The summed E-state index contributed by atoms with van der Waals surface area (Å²) in [6.07, 6.45) is 7.79. The maximum Gasteiger partial charge on any atom is 0.413 e. The topological polar surface area (TPSA) is 89.4 Å². The Bertz CT molecular complexity index is 776. The van der Waals surface area contributed by atoms with Crippen molar-refractivity contribution in [1.29, 1.82) is 0 Å². The van der Waals surface area contributed by atoms with Crippen LogP contribution in [0.4, 0.5) is 15.4 Å². The van der Waals surface area contributed by atoms with Crippen LogP contribution in [0.5, 0.6) is 0 Å². The van der Waals surface area contributed by atoms with E-state index >= 15 is 0 Å². The fourth-order valence-corrected chi connectivity index (χ4v) is 3.43. The predicted molar refractivity (Wildman–Crippen MR) is 84.5 cm³/mol. The van der Waals surface area contributed by atoms with Crippen LogP contribution in [0.25, 0.3) is 0 Å². The highest BCUT2D eigenvalue weighted by Gasteiger charge is 2.44. The van der Waals surface area contributed by atoms with Crippen molar-refractivity contribution in [1.82, 2.24) is 19.4 Å². The zero-order chi connectivity index (χ0) is 16.6. The van der Waals surface area contributed by atoms with Gasteiger partial charge in [-0.1, -0.05) is 0 Å². The van der Waals surface area contributed by atoms with E-state index in [4.69, 9.17) is 4.74 Å². The number of carbonyl (C=O) groups excluding carboxylic acids is 2. The molecule has 124 valence electrons. The summed E-state index contributed by atoms with van der Waals surface area (Å²) in [5.41, 5.74) is 0.150. The lowest BCUT2D eigenvalue weighted by Crippen LogP contribution is -2.41. The molecule has 4 rings (SSSR count). The van der Waals surface area contributed by atoms with Crippen LogP contribution in [-0.4, -0.2) is 44.6 Å². The van der Waals surface area contributed by atoms with Gasteiger partial charge in [0.05, 0.1) is 0 Å². The van der Waals surface area contributed by atoms with E-state index in [1.807, 2.05) is 12.1 Å². The van der Waals surface area contributed by atoms with E-state index in [2.05, 4.69) is 15.3 Å². The molecule has 4 heterocycles. The Kier molecular flexibility index (Phi) is 3.44. The number of nitrogens with zero attached hydrogens (tertiary/aromatic N) is 4. The Hall–Kier alpha value is -2.90. The first-order chi connectivity index (χ1) is 11.7. The molecule has 1 spiro atoms. The van der Waals surface area contributed by atoms with Crippen molar-refractivity contribution < 1.29 is 14.3 Å². The van der Waals surface area contributed by atoms with Crippen LogP contribution < -0.4 is 5.32 Å². The first-order valence-electron chi connectivity index (χ1n) is 7.91. The van der Waals surface area contributed by atoms with Gasteiger partial charge in [-0.05, 0) is 25.0 Å². The van der Waals surface area contributed by atoms with Crippen molar-refractivity contribution in [3.63, 3.8) is 0 Å². The van der Waals surface area contributed by atoms with Gasteiger partial charge in [0.1, 0.15) is 17.7 Å². The monoisotopic (exact) mass is 327 g/mol. The van der Waals surface area contributed by atoms with Gasteiger partial charge in [0, 0.05) is 43.7 Å². The minimum atomic E-state index is -0.726. The van der Waals surface area contributed by atoms with Crippen molar-refractivity contribution in [2.45, 2.75) is 24.9 Å². The third-order valence-electron chi connectivity index (χ3n) is 4.60. The maximum absolute atomic E-state index is 12.5. The molecule has 2 aromatic rings. The summed E-state index contributed by atoms with van der Waals surface area (Å²) in [6.45, 7) is 1.11. The Morgan fingerprint density at radius 1 is 1.29 bits per heavy atom. The van der Waals surface area contributed by atoms with Crippen molar-refractivity contribution >= 4 is 17.9 Å². The highest BCUT2D eigenvalue weighted by atomic mass is 16.6. The van der Waals surface area contributed by atoms with Gasteiger partial charge in [0.25, 0.3) is 0 Å². The molecular weight excluding hydrogens is 310 g/mol. The molecule has 8 nitrogen and oxygen atoms in total. The van der Waals surface area contributed by atoms with E-state index in [9.17, 15) is 9.59 Å². The standard InChI is InChI=1S/C16H17N5O3/c22-14-19-13-12(3-1-6-18-13)16(24-14)4-2-8-20(9-5-16)15(23)21-10-7-17-11-21/h1,3,6-7,10-11H,2,4-5,8-9H2,(H,18,19,22). The second-order valence-corrected chi connectivity index (χ2v) is 6.00. The average Bonchev–Trinajstić information content (AvgIpc) is 3.04. The normalized spacial score (nSPS) is 23.2. The quantitative estimate of drug-likeness (QED) is 0.801. The molecule has 8 heteroatoms. The molecule has 2 aliphatic heterocycles. The number of imidazole rings is 1. The molecule has 2 aromatic heterocycles. The van der Waals surface area contributed by atoms with E-state index < -0.39 is 11.7 Å². The molecule has 2 aliphatic rings. The number of rotatable bonds is 0. The molecule has 0 saturated carbocycles. The van der Waals surface area contributed by atoms with Crippen LogP contribution in [0, 0.1) is 0 Å². The molecule has 1 unspecified atom stereocenters. The number of likely N-dealkylation sites (tertiary alicyclic amines) is 1. The highest BCUT2D eigenvalue weighted by molar-refractivity contribution is 5.87. The van der Waals surface area contributed by atoms with E-state index in [0.29, 0.717) is 31.7 Å². The molecule has 0 bridgehead atoms. The van der Waals surface area contributed by atoms with Crippen LogP contribution in [0.3, 0.4) is 0 Å². The molecular formula is C16H17N5O3. The zero-order valence-electron chi connectivity index (χ0n) is 13.0. The fourth-order valence-electron chi connectivity index (χ4n) is 3.43. The van der Waals surface area contributed by atoms with E-state index in [1.165, 1.54) is 10.9 Å². The molecule has 1 saturated heterocycles. The van der Waals surface area contributed by atoms with Gasteiger partial charge in [0.15, 0.2) is 0 Å². The van der Waals surface area contributed by atoms with Crippen LogP contribution >= 0.6 is 0 Å². The number of fused-ring (bicyclic) bond motifs is 2. The van der Waals surface area contributed by atoms with Crippen molar-refractivity contribution in [3.8, 4) is 0 Å².